The number of nitrogens with one attached hydrogen (secondary N) is 1. The molecule has 4 rings (SSSR count). The lowest BCUT2D eigenvalue weighted by atomic mass is 10.2. The molecule has 1 unspecified atom stereocenters. The summed E-state index contributed by atoms with van der Waals surface area (Å²) in [6.07, 6.45) is 6.13. The highest BCUT2D eigenvalue weighted by atomic mass is 32.1. The maximum absolute atomic E-state index is 4.44. The Hall–Kier alpha value is -1.86. The number of nitrogens with zero attached hydrogens (tertiary/aromatic N) is 4. The van der Waals surface area contributed by atoms with E-state index in [4.69, 9.17) is 0 Å². The minimum atomic E-state index is 0.259. The molecule has 1 atom stereocenters. The van der Waals surface area contributed by atoms with Gasteiger partial charge in [-0.15, -0.1) is 21.5 Å². The maximum atomic E-state index is 4.44. The van der Waals surface area contributed by atoms with Crippen LogP contribution in [0.2, 0.25) is 0 Å². The SMILES string of the molecule is c1ccc(-c2nnc(NC(c3nccs3)C3CC3)s2)nc1. The molecule has 1 aliphatic rings. The fraction of sp³-hybridized carbons (Fsp3) is 0.286. The summed E-state index contributed by atoms with van der Waals surface area (Å²) in [7, 11) is 0. The summed E-state index contributed by atoms with van der Waals surface area (Å²) in [6.45, 7) is 0. The van der Waals surface area contributed by atoms with Crippen LogP contribution in [0.1, 0.15) is 23.9 Å². The van der Waals surface area contributed by atoms with Crippen LogP contribution in [-0.4, -0.2) is 20.2 Å². The highest BCUT2D eigenvalue weighted by Crippen LogP contribution is 2.43. The third kappa shape index (κ3) is 2.79. The van der Waals surface area contributed by atoms with E-state index in [2.05, 4.69) is 25.5 Å². The predicted molar refractivity (Wildman–Crippen MR) is 84.3 cm³/mol. The van der Waals surface area contributed by atoms with E-state index < -0.39 is 0 Å². The molecule has 106 valence electrons. The Bertz CT molecular complexity index is 706. The molecule has 0 amide bonds. The van der Waals surface area contributed by atoms with E-state index in [9.17, 15) is 0 Å². The zero-order chi connectivity index (χ0) is 14.1. The standard InChI is InChI=1S/C14H13N5S2/c1-2-6-15-10(3-1)12-18-19-14(21-12)17-11(9-4-5-9)13-16-7-8-20-13/h1-3,6-9,11H,4-5H2,(H,17,19). The molecule has 7 heteroatoms. The fourth-order valence-electron chi connectivity index (χ4n) is 2.21. The summed E-state index contributed by atoms with van der Waals surface area (Å²) in [6, 6.07) is 6.06. The summed E-state index contributed by atoms with van der Waals surface area (Å²) in [5, 5.41) is 16.8. The summed E-state index contributed by atoms with van der Waals surface area (Å²) in [5.41, 5.74) is 0.861. The van der Waals surface area contributed by atoms with Gasteiger partial charge in [0.2, 0.25) is 5.13 Å². The van der Waals surface area contributed by atoms with Gasteiger partial charge in [0, 0.05) is 17.8 Å². The number of aromatic nitrogens is 4. The normalized spacial score (nSPS) is 15.8. The van der Waals surface area contributed by atoms with E-state index in [1.54, 1.807) is 17.5 Å². The van der Waals surface area contributed by atoms with Crippen LogP contribution in [0.5, 0.6) is 0 Å². The molecule has 0 spiro atoms. The Morgan fingerprint density at radius 3 is 2.81 bits per heavy atom. The second-order valence-electron chi connectivity index (χ2n) is 4.96. The van der Waals surface area contributed by atoms with Crippen molar-refractivity contribution in [3.05, 3.63) is 41.0 Å². The first kappa shape index (κ1) is 12.8. The Kier molecular flexibility index (Phi) is 3.36. The average Bonchev–Trinajstić information content (AvgIpc) is 3.03. The van der Waals surface area contributed by atoms with Crippen molar-refractivity contribution in [3.8, 4) is 10.7 Å². The molecule has 0 aliphatic heterocycles. The first-order chi connectivity index (χ1) is 10.4. The monoisotopic (exact) mass is 315 g/mol. The molecule has 3 aromatic heterocycles. The fourth-order valence-corrected chi connectivity index (χ4v) is 3.74. The van der Waals surface area contributed by atoms with E-state index >= 15 is 0 Å². The van der Waals surface area contributed by atoms with E-state index in [-0.39, 0.29) is 6.04 Å². The minimum Gasteiger partial charge on any atom is -0.351 e. The number of hydrogen-bond donors (Lipinski definition) is 1. The predicted octanol–water partition coefficient (Wildman–Crippen LogP) is 3.62. The molecule has 1 aliphatic carbocycles. The molecule has 0 radical (unpaired) electrons. The van der Waals surface area contributed by atoms with Crippen LogP contribution in [0.3, 0.4) is 0 Å². The molecule has 3 aromatic rings. The Labute approximate surface area is 130 Å². The molecule has 1 fully saturated rings. The summed E-state index contributed by atoms with van der Waals surface area (Å²) in [5.74, 6) is 0.665. The van der Waals surface area contributed by atoms with Gasteiger partial charge in [-0.2, -0.15) is 0 Å². The lowest BCUT2D eigenvalue weighted by molar-refractivity contribution is 0.671. The van der Waals surface area contributed by atoms with Crippen LogP contribution < -0.4 is 5.32 Å². The Balaban J connectivity index is 1.56. The molecule has 0 bridgehead atoms. The van der Waals surface area contributed by atoms with Gasteiger partial charge in [0.25, 0.3) is 0 Å². The highest BCUT2D eigenvalue weighted by Gasteiger charge is 2.34. The molecule has 5 nitrogen and oxygen atoms in total. The van der Waals surface area contributed by atoms with Gasteiger partial charge in [0.05, 0.1) is 6.04 Å². The van der Waals surface area contributed by atoms with E-state index in [1.807, 2.05) is 29.8 Å². The van der Waals surface area contributed by atoms with Crippen LogP contribution in [0, 0.1) is 5.92 Å². The van der Waals surface area contributed by atoms with Gasteiger partial charge in [-0.3, -0.25) is 4.98 Å². The lowest BCUT2D eigenvalue weighted by Crippen LogP contribution is -2.12. The van der Waals surface area contributed by atoms with Gasteiger partial charge < -0.3 is 5.32 Å². The van der Waals surface area contributed by atoms with Gasteiger partial charge in [0.15, 0.2) is 5.01 Å². The Morgan fingerprint density at radius 2 is 2.10 bits per heavy atom. The van der Waals surface area contributed by atoms with Gasteiger partial charge >= 0.3 is 0 Å². The number of pyridine rings is 1. The van der Waals surface area contributed by atoms with Gasteiger partial charge in [0.1, 0.15) is 10.7 Å². The van der Waals surface area contributed by atoms with E-state index in [1.165, 1.54) is 24.2 Å². The van der Waals surface area contributed by atoms with Crippen LogP contribution in [0.15, 0.2) is 36.0 Å². The van der Waals surface area contributed by atoms with Gasteiger partial charge in [-0.05, 0) is 30.9 Å². The largest absolute Gasteiger partial charge is 0.351 e. The average molecular weight is 315 g/mol. The van der Waals surface area contributed by atoms with Gasteiger partial charge in [-0.25, -0.2) is 4.98 Å². The van der Waals surface area contributed by atoms with E-state index in [0.717, 1.165) is 20.8 Å². The van der Waals surface area contributed by atoms with Crippen molar-refractivity contribution in [1.82, 2.24) is 20.2 Å². The van der Waals surface area contributed by atoms with Crippen LogP contribution in [0.4, 0.5) is 5.13 Å². The number of rotatable bonds is 5. The third-order valence-corrected chi connectivity index (χ3v) is 5.13. The smallest absolute Gasteiger partial charge is 0.206 e. The number of thiazole rings is 1. The topological polar surface area (TPSA) is 63.6 Å². The lowest BCUT2D eigenvalue weighted by Gasteiger charge is -2.13. The molecule has 1 N–H and O–H groups in total. The molecule has 0 saturated heterocycles. The summed E-state index contributed by atoms with van der Waals surface area (Å²) >= 11 is 3.23. The van der Waals surface area contributed by atoms with E-state index in [0.29, 0.717) is 5.92 Å². The molecular weight excluding hydrogens is 302 g/mol. The number of hydrogen-bond acceptors (Lipinski definition) is 7. The van der Waals surface area contributed by atoms with Crippen LogP contribution in [-0.2, 0) is 0 Å². The minimum absolute atomic E-state index is 0.259. The molecule has 0 aromatic carbocycles. The van der Waals surface area contributed by atoms with Crippen molar-refractivity contribution >= 4 is 27.8 Å². The van der Waals surface area contributed by atoms with Crippen molar-refractivity contribution in [3.63, 3.8) is 0 Å². The highest BCUT2D eigenvalue weighted by molar-refractivity contribution is 7.18. The summed E-state index contributed by atoms with van der Waals surface area (Å²) in [4.78, 5) is 8.75. The Morgan fingerprint density at radius 1 is 1.14 bits per heavy atom. The third-order valence-electron chi connectivity index (χ3n) is 3.40. The maximum Gasteiger partial charge on any atom is 0.206 e. The molecular formula is C14H13N5S2. The zero-order valence-corrected chi connectivity index (χ0v) is 12.8. The van der Waals surface area contributed by atoms with Crippen molar-refractivity contribution in [2.75, 3.05) is 5.32 Å². The first-order valence-corrected chi connectivity index (χ1v) is 8.50. The quantitative estimate of drug-likeness (QED) is 0.779. The second kappa shape index (κ2) is 5.50. The molecule has 3 heterocycles. The van der Waals surface area contributed by atoms with Gasteiger partial charge in [-0.1, -0.05) is 17.4 Å². The first-order valence-electron chi connectivity index (χ1n) is 6.81. The number of anilines is 1. The molecule has 1 saturated carbocycles. The van der Waals surface area contributed by atoms with Crippen molar-refractivity contribution in [2.24, 2.45) is 5.92 Å². The van der Waals surface area contributed by atoms with Crippen molar-refractivity contribution < 1.29 is 0 Å². The second-order valence-corrected chi connectivity index (χ2v) is 6.86. The van der Waals surface area contributed by atoms with Crippen LogP contribution in [0.25, 0.3) is 10.7 Å². The van der Waals surface area contributed by atoms with Crippen molar-refractivity contribution in [2.45, 2.75) is 18.9 Å². The van der Waals surface area contributed by atoms with Crippen LogP contribution >= 0.6 is 22.7 Å². The molecule has 21 heavy (non-hydrogen) atoms. The van der Waals surface area contributed by atoms with Crippen molar-refractivity contribution in [1.29, 1.82) is 0 Å². The zero-order valence-electron chi connectivity index (χ0n) is 11.1. The summed E-state index contributed by atoms with van der Waals surface area (Å²) < 4.78 is 0.